The monoisotopic (exact) mass is 516 g/mol. The third-order valence-corrected chi connectivity index (χ3v) is 6.06. The lowest BCUT2D eigenvalue weighted by molar-refractivity contribution is -0.141. The Morgan fingerprint density at radius 3 is 2.49 bits per heavy atom. The second-order valence-electron chi connectivity index (χ2n) is 8.57. The quantitative estimate of drug-likeness (QED) is 0.466. The molecule has 10 heteroatoms. The number of pyridine rings is 1. The molecule has 1 aromatic heterocycles. The summed E-state index contributed by atoms with van der Waals surface area (Å²) in [6.45, 7) is 5.26. The van der Waals surface area contributed by atoms with Crippen molar-refractivity contribution in [1.29, 1.82) is 0 Å². The molecule has 3 N–H and O–H groups in total. The van der Waals surface area contributed by atoms with Gasteiger partial charge >= 0.3 is 6.18 Å². The first-order valence-corrected chi connectivity index (χ1v) is 11.8. The highest BCUT2D eigenvalue weighted by Gasteiger charge is 2.34. The first-order chi connectivity index (χ1) is 17.7. The molecule has 0 saturated carbocycles. The second kappa shape index (κ2) is 12.6. The van der Waals surface area contributed by atoms with E-state index >= 15 is 0 Å². The molecule has 0 spiro atoms. The fourth-order valence-corrected chi connectivity index (χ4v) is 4.38. The number of halogens is 3. The average Bonchev–Trinajstić information content (AvgIpc) is 2.88. The predicted molar refractivity (Wildman–Crippen MR) is 137 cm³/mol. The molecule has 0 bridgehead atoms. The Morgan fingerprint density at radius 1 is 1.19 bits per heavy atom. The van der Waals surface area contributed by atoms with Crippen molar-refractivity contribution in [2.45, 2.75) is 18.6 Å². The number of anilines is 1. The van der Waals surface area contributed by atoms with Crippen LogP contribution in [-0.2, 0) is 17.4 Å². The molecule has 2 heterocycles. The summed E-state index contributed by atoms with van der Waals surface area (Å²) in [7, 11) is 1.41. The Balaban J connectivity index is 0.000000886. The summed E-state index contributed by atoms with van der Waals surface area (Å²) in [5.74, 6) is -0.103. The first kappa shape index (κ1) is 27.9. The van der Waals surface area contributed by atoms with Crippen molar-refractivity contribution in [2.24, 2.45) is 5.73 Å². The molecule has 0 unspecified atom stereocenters. The zero-order valence-corrected chi connectivity index (χ0v) is 20.6. The van der Waals surface area contributed by atoms with Gasteiger partial charge in [-0.3, -0.25) is 9.69 Å². The van der Waals surface area contributed by atoms with Crippen LogP contribution in [0.15, 0.2) is 67.3 Å². The number of nitrogens with zero attached hydrogens (tertiary/aromatic N) is 3. The van der Waals surface area contributed by atoms with E-state index in [0.717, 1.165) is 23.7 Å². The summed E-state index contributed by atoms with van der Waals surface area (Å²) >= 11 is 0. The number of rotatable bonds is 7. The van der Waals surface area contributed by atoms with E-state index in [4.69, 9.17) is 15.6 Å². The van der Waals surface area contributed by atoms with Gasteiger partial charge in [-0.2, -0.15) is 13.2 Å². The Hall–Kier alpha value is -3.63. The minimum atomic E-state index is -4.55. The summed E-state index contributed by atoms with van der Waals surface area (Å²) in [5, 5.41) is 8.34. The van der Waals surface area contributed by atoms with Crippen molar-refractivity contribution in [1.82, 2.24) is 9.88 Å². The topological polar surface area (TPSA) is 91.9 Å². The van der Waals surface area contributed by atoms with Gasteiger partial charge in [0.2, 0.25) is 5.91 Å². The highest BCUT2D eigenvalue weighted by Crippen LogP contribution is 2.37. The molecule has 37 heavy (non-hydrogen) atoms. The van der Waals surface area contributed by atoms with E-state index in [1.807, 2.05) is 36.4 Å². The van der Waals surface area contributed by atoms with Crippen LogP contribution < -0.4 is 15.4 Å². The summed E-state index contributed by atoms with van der Waals surface area (Å²) in [6, 6.07) is 15.9. The van der Waals surface area contributed by atoms with Gasteiger partial charge in [0.1, 0.15) is 17.0 Å². The van der Waals surface area contributed by atoms with Gasteiger partial charge in [0.15, 0.2) is 0 Å². The van der Waals surface area contributed by atoms with E-state index in [2.05, 4.69) is 21.4 Å². The van der Waals surface area contributed by atoms with E-state index in [1.165, 1.54) is 19.3 Å². The van der Waals surface area contributed by atoms with E-state index in [0.29, 0.717) is 25.0 Å². The lowest BCUT2D eigenvalue weighted by Gasteiger charge is -2.42. The summed E-state index contributed by atoms with van der Waals surface area (Å²) < 4.78 is 45.1. The molecule has 0 aliphatic carbocycles. The fourth-order valence-electron chi connectivity index (χ4n) is 4.38. The van der Waals surface area contributed by atoms with Crippen molar-refractivity contribution >= 4 is 22.5 Å². The third-order valence-electron chi connectivity index (χ3n) is 6.06. The van der Waals surface area contributed by atoms with Gasteiger partial charge in [-0.05, 0) is 36.2 Å². The summed E-state index contributed by atoms with van der Waals surface area (Å²) in [6.07, 6.45) is -2.40. The number of amides is 1. The minimum Gasteiger partial charge on any atom is -0.494 e. The van der Waals surface area contributed by atoms with Crippen LogP contribution in [0.5, 0.6) is 5.75 Å². The van der Waals surface area contributed by atoms with Crippen LogP contribution in [0.2, 0.25) is 0 Å². The number of benzene rings is 2. The van der Waals surface area contributed by atoms with Crippen LogP contribution in [0.1, 0.15) is 11.3 Å². The van der Waals surface area contributed by atoms with Gasteiger partial charge in [-0.25, -0.2) is 4.98 Å². The number of hydrogen-bond donors (Lipinski definition) is 2. The maximum absolute atomic E-state index is 13.3. The molecule has 2 aromatic carbocycles. The standard InChI is InChI=1S/C24H25F3N4O2.C3H6O/c1-33-20-9-8-19(18-7-10-21(24(25,26)27)29-23(18)20)31-12-11-30(15-22(28)32)17(14-31)13-16-5-3-2-4-6-16;1-2-3-4/h2-10,17H,11-15H2,1H3,(H2,28,32);2,4H,1,3H2/t17-;/m0./s1. The fraction of sp³-hybridized carbons (Fsp3) is 0.333. The maximum atomic E-state index is 13.3. The van der Waals surface area contributed by atoms with Crippen LogP contribution in [0.25, 0.3) is 10.9 Å². The Labute approximate surface area is 214 Å². The summed E-state index contributed by atoms with van der Waals surface area (Å²) in [5.41, 5.74) is 6.60. The molecular weight excluding hydrogens is 485 g/mol. The molecule has 1 aliphatic rings. The van der Waals surface area contributed by atoms with E-state index in [1.54, 1.807) is 6.07 Å². The van der Waals surface area contributed by atoms with E-state index in [9.17, 15) is 18.0 Å². The van der Waals surface area contributed by atoms with Crippen LogP contribution in [-0.4, -0.2) is 66.8 Å². The number of hydrogen-bond acceptors (Lipinski definition) is 6. The average molecular weight is 517 g/mol. The molecular formula is C27H31F3N4O3. The number of methoxy groups -OCH3 is 1. The number of aromatic nitrogens is 1. The molecule has 4 rings (SSSR count). The SMILES string of the molecule is C=CCO.COc1ccc(N2CCN(CC(N)=O)[C@@H](Cc3ccccc3)C2)c2ccc(C(F)(F)F)nc12. The normalized spacial score (nSPS) is 16.1. The van der Waals surface area contributed by atoms with Gasteiger partial charge in [0.25, 0.3) is 0 Å². The molecule has 3 aromatic rings. The van der Waals surface area contributed by atoms with Crippen molar-refractivity contribution in [3.63, 3.8) is 0 Å². The van der Waals surface area contributed by atoms with Crippen LogP contribution in [0.3, 0.4) is 0 Å². The van der Waals surface area contributed by atoms with Crippen molar-refractivity contribution < 1.29 is 27.8 Å². The Morgan fingerprint density at radius 2 is 1.89 bits per heavy atom. The summed E-state index contributed by atoms with van der Waals surface area (Å²) in [4.78, 5) is 19.7. The van der Waals surface area contributed by atoms with Crippen molar-refractivity contribution in [3.8, 4) is 5.75 Å². The number of carbonyl (C=O) groups is 1. The van der Waals surface area contributed by atoms with Gasteiger partial charge in [0.05, 0.1) is 20.3 Å². The zero-order valence-electron chi connectivity index (χ0n) is 20.6. The number of aliphatic hydroxyl groups excluding tert-OH is 1. The van der Waals surface area contributed by atoms with E-state index in [-0.39, 0.29) is 36.4 Å². The highest BCUT2D eigenvalue weighted by atomic mass is 19.4. The van der Waals surface area contributed by atoms with E-state index < -0.39 is 11.9 Å². The highest BCUT2D eigenvalue weighted by molar-refractivity contribution is 5.96. The number of fused-ring (bicyclic) bond motifs is 1. The number of nitrogens with two attached hydrogens (primary N) is 1. The van der Waals surface area contributed by atoms with Gasteiger partial charge < -0.3 is 20.5 Å². The molecule has 0 radical (unpaired) electrons. The number of aliphatic hydroxyl groups is 1. The third kappa shape index (κ3) is 7.21. The van der Waals surface area contributed by atoms with Gasteiger partial charge in [0, 0.05) is 36.7 Å². The van der Waals surface area contributed by atoms with Gasteiger partial charge in [-0.15, -0.1) is 6.58 Å². The maximum Gasteiger partial charge on any atom is 0.433 e. The number of piperazine rings is 1. The molecule has 1 saturated heterocycles. The molecule has 7 nitrogen and oxygen atoms in total. The first-order valence-electron chi connectivity index (χ1n) is 11.8. The zero-order chi connectivity index (χ0) is 27.0. The molecule has 1 aliphatic heterocycles. The van der Waals surface area contributed by atoms with Crippen LogP contribution >= 0.6 is 0 Å². The number of carbonyl (C=O) groups excluding carboxylic acids is 1. The smallest absolute Gasteiger partial charge is 0.433 e. The molecule has 1 amide bonds. The number of alkyl halides is 3. The molecule has 198 valence electrons. The van der Waals surface area contributed by atoms with Crippen molar-refractivity contribution in [2.75, 3.05) is 44.8 Å². The number of primary amides is 1. The largest absolute Gasteiger partial charge is 0.494 e. The lowest BCUT2D eigenvalue weighted by atomic mass is 10.0. The predicted octanol–water partition coefficient (Wildman–Crippen LogP) is 3.65. The molecule has 1 atom stereocenters. The van der Waals surface area contributed by atoms with Gasteiger partial charge in [-0.1, -0.05) is 36.4 Å². The minimum absolute atomic E-state index is 0.00760. The lowest BCUT2D eigenvalue weighted by Crippen LogP contribution is -2.56. The molecule has 1 fully saturated rings. The Bertz CT molecular complexity index is 1200. The van der Waals surface area contributed by atoms with Crippen LogP contribution in [0.4, 0.5) is 18.9 Å². The number of ether oxygens (including phenoxy) is 1. The second-order valence-corrected chi connectivity index (χ2v) is 8.57. The van der Waals surface area contributed by atoms with Crippen LogP contribution in [0, 0.1) is 0 Å². The Kier molecular flexibility index (Phi) is 9.48. The van der Waals surface area contributed by atoms with Crippen molar-refractivity contribution in [3.05, 3.63) is 78.5 Å².